The van der Waals surface area contributed by atoms with Gasteiger partial charge in [-0.3, -0.25) is 4.79 Å². The van der Waals surface area contributed by atoms with E-state index in [-0.39, 0.29) is 18.6 Å². The second-order valence-corrected chi connectivity index (χ2v) is 7.25. The van der Waals surface area contributed by atoms with E-state index in [4.69, 9.17) is 14.2 Å². The summed E-state index contributed by atoms with van der Waals surface area (Å²) >= 11 is 0. The van der Waals surface area contributed by atoms with Gasteiger partial charge in [-0.1, -0.05) is 11.6 Å². The Balaban J connectivity index is 1.33. The molecule has 28 heavy (non-hydrogen) atoms. The third-order valence-corrected chi connectivity index (χ3v) is 5.04. The molecule has 0 radical (unpaired) electrons. The summed E-state index contributed by atoms with van der Waals surface area (Å²) in [5.74, 6) is -0.112. The fourth-order valence-electron chi connectivity index (χ4n) is 3.41. The van der Waals surface area contributed by atoms with Gasteiger partial charge in [0.1, 0.15) is 12.4 Å². The molecule has 1 aliphatic carbocycles. The molecule has 1 amide bonds. The Morgan fingerprint density at radius 3 is 2.71 bits per heavy atom. The Morgan fingerprint density at radius 2 is 2.00 bits per heavy atom. The maximum atomic E-state index is 12.1. The minimum atomic E-state index is -0.518. The van der Waals surface area contributed by atoms with Crippen molar-refractivity contribution in [3.05, 3.63) is 41.5 Å². The average molecular weight is 387 g/mol. The number of benzene rings is 1. The molecule has 1 N–H and O–H groups in total. The molecule has 6 heteroatoms. The van der Waals surface area contributed by atoms with Gasteiger partial charge in [0, 0.05) is 13.2 Å². The van der Waals surface area contributed by atoms with Gasteiger partial charge < -0.3 is 19.5 Å². The highest BCUT2D eigenvalue weighted by Gasteiger charge is 2.16. The summed E-state index contributed by atoms with van der Waals surface area (Å²) in [5.41, 5.74) is 1.80. The fourth-order valence-corrected chi connectivity index (χ4v) is 3.41. The van der Waals surface area contributed by atoms with E-state index in [9.17, 15) is 9.59 Å². The largest absolute Gasteiger partial charge is 0.491 e. The number of hydrogen-bond acceptors (Lipinski definition) is 5. The number of esters is 1. The minimum absolute atomic E-state index is 0.151. The third kappa shape index (κ3) is 6.68. The van der Waals surface area contributed by atoms with Crippen molar-refractivity contribution >= 4 is 11.9 Å². The maximum absolute atomic E-state index is 12.1. The molecule has 0 unspecified atom stereocenters. The lowest BCUT2D eigenvalue weighted by Crippen LogP contribution is -2.29. The zero-order chi connectivity index (χ0) is 19.6. The molecule has 1 atom stereocenters. The summed E-state index contributed by atoms with van der Waals surface area (Å²) in [6.45, 7) is 1.62. The van der Waals surface area contributed by atoms with Crippen LogP contribution in [0.15, 0.2) is 35.9 Å². The molecule has 0 bridgehead atoms. The molecule has 2 aliphatic rings. The van der Waals surface area contributed by atoms with Gasteiger partial charge in [-0.05, 0) is 69.2 Å². The van der Waals surface area contributed by atoms with Crippen LogP contribution in [0.2, 0.25) is 0 Å². The number of nitrogens with one attached hydrogen (secondary N) is 1. The van der Waals surface area contributed by atoms with Gasteiger partial charge in [-0.25, -0.2) is 4.79 Å². The molecule has 1 aliphatic heterocycles. The maximum Gasteiger partial charge on any atom is 0.338 e. The van der Waals surface area contributed by atoms with Gasteiger partial charge >= 0.3 is 5.97 Å². The predicted octanol–water partition coefficient (Wildman–Crippen LogP) is 3.41. The van der Waals surface area contributed by atoms with Gasteiger partial charge in [-0.15, -0.1) is 0 Å². The van der Waals surface area contributed by atoms with Crippen molar-refractivity contribution in [3.8, 4) is 5.75 Å². The number of carbonyl (C=O) groups excluding carboxylic acids is 2. The Kier molecular flexibility index (Phi) is 7.91. The zero-order valence-corrected chi connectivity index (χ0v) is 16.3. The second kappa shape index (κ2) is 10.9. The van der Waals surface area contributed by atoms with E-state index in [1.807, 2.05) is 0 Å². The number of ether oxygens (including phenoxy) is 3. The highest BCUT2D eigenvalue weighted by Crippen LogP contribution is 2.19. The van der Waals surface area contributed by atoms with Crippen molar-refractivity contribution in [2.24, 2.45) is 0 Å². The predicted molar refractivity (Wildman–Crippen MR) is 105 cm³/mol. The molecule has 0 saturated carbocycles. The Labute approximate surface area is 166 Å². The molecule has 1 fully saturated rings. The summed E-state index contributed by atoms with van der Waals surface area (Å²) in [7, 11) is 0. The topological polar surface area (TPSA) is 73.9 Å². The van der Waals surface area contributed by atoms with Gasteiger partial charge in [0.15, 0.2) is 6.61 Å². The Bertz CT molecular complexity index is 677. The molecule has 1 aromatic carbocycles. The molecule has 152 valence electrons. The van der Waals surface area contributed by atoms with Crippen LogP contribution in [0.25, 0.3) is 0 Å². The fraction of sp³-hybridized carbons (Fsp3) is 0.545. The van der Waals surface area contributed by atoms with Crippen LogP contribution in [0.1, 0.15) is 55.3 Å². The summed E-state index contributed by atoms with van der Waals surface area (Å²) < 4.78 is 16.3. The number of rotatable bonds is 9. The van der Waals surface area contributed by atoms with Crippen LogP contribution in [0.4, 0.5) is 0 Å². The van der Waals surface area contributed by atoms with E-state index < -0.39 is 5.97 Å². The van der Waals surface area contributed by atoms with E-state index in [0.717, 1.165) is 38.7 Å². The lowest BCUT2D eigenvalue weighted by atomic mass is 9.97. The van der Waals surface area contributed by atoms with E-state index in [1.165, 1.54) is 18.4 Å². The SMILES string of the molecule is O=C(COC(=O)c1ccc(OC[C@@H]2CCCO2)cc1)NCCC1=CCCCC1. The lowest BCUT2D eigenvalue weighted by Gasteiger charge is -2.13. The van der Waals surface area contributed by atoms with Crippen LogP contribution in [-0.4, -0.2) is 44.3 Å². The lowest BCUT2D eigenvalue weighted by molar-refractivity contribution is -0.124. The molecule has 1 heterocycles. The number of allylic oxidation sites excluding steroid dienone is 1. The van der Waals surface area contributed by atoms with Crippen LogP contribution in [0, 0.1) is 0 Å². The molecule has 0 aromatic heterocycles. The van der Waals surface area contributed by atoms with Crippen LogP contribution in [0.5, 0.6) is 5.75 Å². The Morgan fingerprint density at radius 1 is 1.14 bits per heavy atom. The number of hydrogen-bond donors (Lipinski definition) is 1. The molecule has 0 spiro atoms. The first-order valence-electron chi connectivity index (χ1n) is 10.2. The molecular weight excluding hydrogens is 358 g/mol. The summed E-state index contributed by atoms with van der Waals surface area (Å²) in [4.78, 5) is 23.9. The van der Waals surface area contributed by atoms with Crippen LogP contribution in [-0.2, 0) is 14.3 Å². The van der Waals surface area contributed by atoms with Crippen molar-refractivity contribution in [2.45, 2.75) is 51.0 Å². The number of carbonyl (C=O) groups is 2. The van der Waals surface area contributed by atoms with Crippen molar-refractivity contribution in [1.82, 2.24) is 5.32 Å². The van der Waals surface area contributed by atoms with Gasteiger partial charge in [0.2, 0.25) is 0 Å². The molecule has 6 nitrogen and oxygen atoms in total. The van der Waals surface area contributed by atoms with Crippen LogP contribution in [0.3, 0.4) is 0 Å². The smallest absolute Gasteiger partial charge is 0.338 e. The first-order valence-corrected chi connectivity index (χ1v) is 10.2. The standard InChI is InChI=1S/C22H29NO5/c24-21(23-13-12-17-5-2-1-3-6-17)16-28-22(25)18-8-10-19(11-9-18)27-15-20-7-4-14-26-20/h5,8-11,20H,1-4,6-7,12-16H2,(H,23,24)/t20-/m0/s1. The van der Waals surface area contributed by atoms with Crippen molar-refractivity contribution in [1.29, 1.82) is 0 Å². The second-order valence-electron chi connectivity index (χ2n) is 7.25. The monoisotopic (exact) mass is 387 g/mol. The van der Waals surface area contributed by atoms with Crippen LogP contribution < -0.4 is 10.1 Å². The zero-order valence-electron chi connectivity index (χ0n) is 16.3. The van der Waals surface area contributed by atoms with Gasteiger partial charge in [0.25, 0.3) is 5.91 Å². The molecular formula is C22H29NO5. The minimum Gasteiger partial charge on any atom is -0.491 e. The number of amides is 1. The van der Waals surface area contributed by atoms with Crippen LogP contribution >= 0.6 is 0 Å². The van der Waals surface area contributed by atoms with E-state index >= 15 is 0 Å². The first-order chi connectivity index (χ1) is 13.7. The highest BCUT2D eigenvalue weighted by atomic mass is 16.5. The quantitative estimate of drug-likeness (QED) is 0.519. The molecule has 1 saturated heterocycles. The average Bonchev–Trinajstić information content (AvgIpc) is 3.25. The van der Waals surface area contributed by atoms with E-state index in [0.29, 0.717) is 24.5 Å². The first kappa shape index (κ1) is 20.4. The summed E-state index contributed by atoms with van der Waals surface area (Å²) in [6, 6.07) is 6.73. The third-order valence-electron chi connectivity index (χ3n) is 5.04. The van der Waals surface area contributed by atoms with Gasteiger partial charge in [-0.2, -0.15) is 0 Å². The van der Waals surface area contributed by atoms with Gasteiger partial charge in [0.05, 0.1) is 11.7 Å². The summed E-state index contributed by atoms with van der Waals surface area (Å²) in [5, 5.41) is 2.80. The van der Waals surface area contributed by atoms with Crippen molar-refractivity contribution < 1.29 is 23.8 Å². The molecule has 3 rings (SSSR count). The highest BCUT2D eigenvalue weighted by molar-refractivity contribution is 5.91. The van der Waals surface area contributed by atoms with E-state index in [2.05, 4.69) is 11.4 Å². The molecule has 1 aromatic rings. The van der Waals surface area contributed by atoms with Crippen molar-refractivity contribution in [3.63, 3.8) is 0 Å². The Hall–Kier alpha value is -2.34. The van der Waals surface area contributed by atoms with E-state index in [1.54, 1.807) is 24.3 Å². The summed E-state index contributed by atoms with van der Waals surface area (Å²) in [6.07, 6.45) is 10.1. The normalized spacial score (nSPS) is 19.0. The van der Waals surface area contributed by atoms with Crippen molar-refractivity contribution in [2.75, 3.05) is 26.4 Å².